The first-order valence-corrected chi connectivity index (χ1v) is 13.9. The molecule has 0 N–H and O–H groups in total. The van der Waals surface area contributed by atoms with Gasteiger partial charge >= 0.3 is 0 Å². The average molecular weight is 591 g/mol. The minimum Gasteiger partial charge on any atom is -0.490 e. The zero-order valence-corrected chi connectivity index (χ0v) is 23.0. The monoisotopic (exact) mass is 589 g/mol. The number of amides is 1. The minimum absolute atomic E-state index is 0.163. The molecule has 3 aromatic rings. The second kappa shape index (κ2) is 11.6. The van der Waals surface area contributed by atoms with Crippen LogP contribution in [0.4, 0.5) is 10.1 Å². The fourth-order valence-electron chi connectivity index (χ4n) is 3.40. The molecule has 1 heterocycles. The molecule has 0 aromatic heterocycles. The van der Waals surface area contributed by atoms with Gasteiger partial charge in [-0.3, -0.25) is 9.69 Å². The lowest BCUT2D eigenvalue weighted by Crippen LogP contribution is -2.27. The van der Waals surface area contributed by atoms with E-state index in [1.54, 1.807) is 34.9 Å². The second-order valence-corrected chi connectivity index (χ2v) is 10.8. The normalized spacial score (nSPS) is 14.6. The second-order valence-electron chi connectivity index (χ2n) is 7.40. The van der Waals surface area contributed by atoms with Crippen molar-refractivity contribution >= 4 is 73.7 Å². The summed E-state index contributed by atoms with van der Waals surface area (Å²) < 4.78 is 26.2. The molecule has 0 spiro atoms. The van der Waals surface area contributed by atoms with Crippen molar-refractivity contribution in [1.29, 1.82) is 0 Å². The molecule has 4 nitrogen and oxygen atoms in total. The molecule has 1 saturated heterocycles. The van der Waals surface area contributed by atoms with Crippen molar-refractivity contribution in [2.75, 3.05) is 17.8 Å². The number of anilines is 1. The SMILES string of the molecule is CCOc1cc(/C=C2\SC(=S)N(c3cccc(SC)c3)C2=O)cc(Br)c1OCc1ccc(F)cc1. The maximum atomic E-state index is 13.2. The number of thioether (sulfide) groups is 2. The van der Waals surface area contributed by atoms with E-state index in [2.05, 4.69) is 15.9 Å². The van der Waals surface area contributed by atoms with Crippen molar-refractivity contribution in [3.63, 3.8) is 0 Å². The topological polar surface area (TPSA) is 38.8 Å². The van der Waals surface area contributed by atoms with E-state index in [9.17, 15) is 9.18 Å². The molecule has 9 heteroatoms. The molecule has 0 radical (unpaired) electrons. The van der Waals surface area contributed by atoms with Crippen molar-refractivity contribution in [3.8, 4) is 11.5 Å². The highest BCUT2D eigenvalue weighted by molar-refractivity contribution is 9.10. The van der Waals surface area contributed by atoms with Crippen LogP contribution in [0.2, 0.25) is 0 Å². The number of carbonyl (C=O) groups is 1. The molecule has 0 aliphatic carbocycles. The van der Waals surface area contributed by atoms with Gasteiger partial charge in [0.2, 0.25) is 0 Å². The summed E-state index contributed by atoms with van der Waals surface area (Å²) in [4.78, 5) is 16.4. The number of benzene rings is 3. The first kappa shape index (κ1) is 25.8. The Balaban J connectivity index is 1.59. The van der Waals surface area contributed by atoms with E-state index in [0.717, 1.165) is 21.7 Å². The van der Waals surface area contributed by atoms with Crippen molar-refractivity contribution in [1.82, 2.24) is 0 Å². The number of ether oxygens (including phenoxy) is 2. The van der Waals surface area contributed by atoms with Gasteiger partial charge in [0.05, 0.1) is 21.7 Å². The van der Waals surface area contributed by atoms with Crippen LogP contribution in [0.25, 0.3) is 6.08 Å². The lowest BCUT2D eigenvalue weighted by atomic mass is 10.1. The summed E-state index contributed by atoms with van der Waals surface area (Å²) in [7, 11) is 0. The standard InChI is InChI=1S/C26H21BrFNO3S3/c1-3-31-22-12-17(11-21(27)24(22)32-15-16-7-9-18(28)10-8-16)13-23-25(30)29(26(33)35-23)19-5-4-6-20(14-19)34-2/h4-14H,3,15H2,1-2H3/b23-13-. The fourth-order valence-corrected chi connectivity index (χ4v) is 5.73. The van der Waals surface area contributed by atoms with Gasteiger partial charge in [0.15, 0.2) is 15.8 Å². The Morgan fingerprint density at radius 2 is 1.91 bits per heavy atom. The summed E-state index contributed by atoms with van der Waals surface area (Å²) in [5.41, 5.74) is 2.36. The number of halogens is 2. The Morgan fingerprint density at radius 1 is 1.14 bits per heavy atom. The molecule has 1 amide bonds. The van der Waals surface area contributed by atoms with Crippen LogP contribution in [0.15, 0.2) is 74.9 Å². The summed E-state index contributed by atoms with van der Waals surface area (Å²) >= 11 is 12.0. The lowest BCUT2D eigenvalue weighted by molar-refractivity contribution is -0.113. The van der Waals surface area contributed by atoms with E-state index >= 15 is 0 Å². The highest BCUT2D eigenvalue weighted by Gasteiger charge is 2.33. The Kier molecular flexibility index (Phi) is 8.54. The summed E-state index contributed by atoms with van der Waals surface area (Å²) in [5.74, 6) is 0.619. The zero-order valence-electron chi connectivity index (χ0n) is 18.9. The van der Waals surface area contributed by atoms with E-state index < -0.39 is 0 Å². The molecular formula is C26H21BrFNO3S3. The predicted octanol–water partition coefficient (Wildman–Crippen LogP) is 7.69. The van der Waals surface area contributed by atoms with Gasteiger partial charge in [-0.1, -0.05) is 42.2 Å². The van der Waals surface area contributed by atoms with Gasteiger partial charge in [0, 0.05) is 4.90 Å². The number of thiocarbonyl (C=S) groups is 1. The van der Waals surface area contributed by atoms with Gasteiger partial charge in [0.1, 0.15) is 12.4 Å². The van der Waals surface area contributed by atoms with Crippen LogP contribution in [0, 0.1) is 5.82 Å². The molecule has 0 bridgehead atoms. The van der Waals surface area contributed by atoms with Gasteiger partial charge < -0.3 is 9.47 Å². The first-order valence-electron chi connectivity index (χ1n) is 10.6. The molecule has 1 aliphatic rings. The highest BCUT2D eigenvalue weighted by atomic mass is 79.9. The molecule has 0 unspecified atom stereocenters. The van der Waals surface area contributed by atoms with Crippen molar-refractivity contribution < 1.29 is 18.7 Å². The van der Waals surface area contributed by atoms with Gasteiger partial charge in [-0.05, 0) is 88.8 Å². The Morgan fingerprint density at radius 3 is 2.63 bits per heavy atom. The van der Waals surface area contributed by atoms with E-state index in [4.69, 9.17) is 21.7 Å². The molecule has 1 fully saturated rings. The Labute approximate surface area is 226 Å². The number of nitrogens with zero attached hydrogens (tertiary/aromatic N) is 1. The molecule has 4 rings (SSSR count). The highest BCUT2D eigenvalue weighted by Crippen LogP contribution is 2.41. The molecular weight excluding hydrogens is 569 g/mol. The molecule has 3 aromatic carbocycles. The summed E-state index contributed by atoms with van der Waals surface area (Å²) in [5, 5.41) is 0. The minimum atomic E-state index is -0.295. The number of hydrogen-bond donors (Lipinski definition) is 0. The van der Waals surface area contributed by atoms with Crippen LogP contribution in [0.3, 0.4) is 0 Å². The third-order valence-corrected chi connectivity index (χ3v) is 7.65. The average Bonchev–Trinajstić information content (AvgIpc) is 3.12. The zero-order chi connectivity index (χ0) is 24.9. The van der Waals surface area contributed by atoms with Crippen LogP contribution >= 0.6 is 51.7 Å². The number of rotatable bonds is 8. The van der Waals surface area contributed by atoms with Crippen LogP contribution in [-0.4, -0.2) is 23.1 Å². The van der Waals surface area contributed by atoms with E-state index in [-0.39, 0.29) is 18.3 Å². The largest absolute Gasteiger partial charge is 0.490 e. The third-order valence-electron chi connectivity index (χ3n) is 5.03. The van der Waals surface area contributed by atoms with E-state index in [1.807, 2.05) is 49.6 Å². The van der Waals surface area contributed by atoms with Crippen molar-refractivity contribution in [3.05, 3.63) is 87.0 Å². The molecule has 180 valence electrons. The first-order chi connectivity index (χ1) is 16.9. The fraction of sp³-hybridized carbons (Fsp3) is 0.154. The van der Waals surface area contributed by atoms with Gasteiger partial charge in [-0.15, -0.1) is 11.8 Å². The Bertz CT molecular complexity index is 1300. The van der Waals surface area contributed by atoms with Crippen LogP contribution < -0.4 is 14.4 Å². The smallest absolute Gasteiger partial charge is 0.270 e. The maximum Gasteiger partial charge on any atom is 0.270 e. The Hall–Kier alpha value is -2.33. The summed E-state index contributed by atoms with van der Waals surface area (Å²) in [6.45, 7) is 2.58. The quantitative estimate of drug-likeness (QED) is 0.152. The lowest BCUT2D eigenvalue weighted by Gasteiger charge is -2.15. The maximum absolute atomic E-state index is 13.2. The molecule has 0 atom stereocenters. The molecule has 35 heavy (non-hydrogen) atoms. The van der Waals surface area contributed by atoms with Crippen LogP contribution in [0.1, 0.15) is 18.1 Å². The van der Waals surface area contributed by atoms with E-state index in [0.29, 0.717) is 31.8 Å². The van der Waals surface area contributed by atoms with Gasteiger partial charge in [-0.25, -0.2) is 4.39 Å². The van der Waals surface area contributed by atoms with Crippen molar-refractivity contribution in [2.45, 2.75) is 18.4 Å². The third kappa shape index (κ3) is 6.09. The summed E-state index contributed by atoms with van der Waals surface area (Å²) in [6, 6.07) is 17.6. The predicted molar refractivity (Wildman–Crippen MR) is 150 cm³/mol. The number of hydrogen-bond acceptors (Lipinski definition) is 6. The van der Waals surface area contributed by atoms with Gasteiger partial charge in [0.25, 0.3) is 5.91 Å². The van der Waals surface area contributed by atoms with Crippen LogP contribution in [-0.2, 0) is 11.4 Å². The van der Waals surface area contributed by atoms with Crippen LogP contribution in [0.5, 0.6) is 11.5 Å². The number of carbonyl (C=O) groups excluding carboxylic acids is 1. The summed E-state index contributed by atoms with van der Waals surface area (Å²) in [6.07, 6.45) is 3.79. The molecule has 1 aliphatic heterocycles. The van der Waals surface area contributed by atoms with E-state index in [1.165, 1.54) is 23.9 Å². The van der Waals surface area contributed by atoms with Gasteiger partial charge in [-0.2, -0.15) is 0 Å². The van der Waals surface area contributed by atoms with Crippen molar-refractivity contribution in [2.24, 2.45) is 0 Å². The molecule has 0 saturated carbocycles.